The van der Waals surface area contributed by atoms with Crippen molar-refractivity contribution in [3.63, 3.8) is 0 Å². The molecule has 0 saturated heterocycles. The first kappa shape index (κ1) is 25.2. The molecule has 0 saturated carbocycles. The first-order valence-electron chi connectivity index (χ1n) is 12.0. The fourth-order valence-electron chi connectivity index (χ4n) is 4.55. The number of tetrazole rings is 1. The Morgan fingerprint density at radius 1 is 0.975 bits per heavy atom. The van der Waals surface area contributed by atoms with Crippen molar-refractivity contribution in [3.8, 4) is 28.1 Å². The smallest absolute Gasteiger partial charge is 0.217 e. The summed E-state index contributed by atoms with van der Waals surface area (Å²) in [4.78, 5) is 0. The molecule has 0 unspecified atom stereocenters. The molecule has 0 radical (unpaired) electrons. The summed E-state index contributed by atoms with van der Waals surface area (Å²) in [7, 11) is 1.76. The molecule has 0 aliphatic carbocycles. The van der Waals surface area contributed by atoms with Gasteiger partial charge in [-0.3, -0.25) is 4.68 Å². The maximum absolute atomic E-state index is 15.3. The van der Waals surface area contributed by atoms with Gasteiger partial charge in [-0.15, -0.1) is 10.2 Å². The number of benzene rings is 2. The minimum atomic E-state index is -0.716. The zero-order valence-corrected chi connectivity index (χ0v) is 21.6. The normalized spacial score (nSPS) is 12.1. The van der Waals surface area contributed by atoms with Crippen LogP contribution in [0.25, 0.3) is 28.1 Å². The van der Waals surface area contributed by atoms with E-state index in [0.29, 0.717) is 22.5 Å². The van der Waals surface area contributed by atoms with Crippen LogP contribution in [0.4, 0.5) is 8.78 Å². The summed E-state index contributed by atoms with van der Waals surface area (Å²) < 4.78 is 34.1. The molecule has 4 aromatic heterocycles. The highest BCUT2D eigenvalue weighted by molar-refractivity contribution is 6.31. The Kier molecular flexibility index (Phi) is 6.48. The summed E-state index contributed by atoms with van der Waals surface area (Å²) in [6, 6.07) is 11.6. The second-order valence-electron chi connectivity index (χ2n) is 8.98. The molecule has 0 aliphatic heterocycles. The van der Waals surface area contributed by atoms with Gasteiger partial charge in [-0.2, -0.15) is 14.5 Å². The predicted molar refractivity (Wildman–Crippen MR) is 139 cm³/mol. The highest BCUT2D eigenvalue weighted by Gasteiger charge is 2.26. The minimum absolute atomic E-state index is 0.0658. The lowest BCUT2D eigenvalue weighted by molar-refractivity contribution is -0.615. The number of aryl methyl sites for hydroxylation is 1. The molecule has 11 nitrogen and oxygen atoms in total. The van der Waals surface area contributed by atoms with Gasteiger partial charge in [0.15, 0.2) is 12.0 Å². The van der Waals surface area contributed by atoms with Crippen molar-refractivity contribution in [2.75, 3.05) is 0 Å². The first-order chi connectivity index (χ1) is 19.4. The average molecular weight is 561 g/mol. The molecule has 1 atom stereocenters. The largest absolute Gasteiger partial charge is 0.618 e. The van der Waals surface area contributed by atoms with Gasteiger partial charge < -0.3 is 5.21 Å². The van der Waals surface area contributed by atoms with Crippen LogP contribution < -0.4 is 4.73 Å². The van der Waals surface area contributed by atoms with E-state index in [4.69, 9.17) is 11.6 Å². The molecule has 6 rings (SSSR count). The van der Waals surface area contributed by atoms with E-state index in [1.54, 1.807) is 65.3 Å². The number of nitrogens with zero attached hydrogens (tertiary/aromatic N) is 10. The van der Waals surface area contributed by atoms with Crippen LogP contribution in [0.1, 0.15) is 17.3 Å². The lowest BCUT2D eigenvalue weighted by atomic mass is 10.00. The molecule has 6 aromatic rings. The molecule has 0 bridgehead atoms. The minimum Gasteiger partial charge on any atom is -0.618 e. The molecule has 0 fully saturated rings. The predicted octanol–water partition coefficient (Wildman–Crippen LogP) is 3.72. The van der Waals surface area contributed by atoms with Crippen molar-refractivity contribution in [2.24, 2.45) is 7.05 Å². The van der Waals surface area contributed by atoms with Crippen LogP contribution in [0, 0.1) is 16.8 Å². The third-order valence-electron chi connectivity index (χ3n) is 6.52. The number of pyridine rings is 1. The van der Waals surface area contributed by atoms with Gasteiger partial charge in [0, 0.05) is 31.3 Å². The summed E-state index contributed by atoms with van der Waals surface area (Å²) in [6.07, 6.45) is 7.96. The van der Waals surface area contributed by atoms with Crippen LogP contribution in [0.15, 0.2) is 79.6 Å². The molecular weight excluding hydrogens is 542 g/mol. The number of aromatic nitrogens is 10. The summed E-state index contributed by atoms with van der Waals surface area (Å²) in [5.74, 6) is -1.08. The molecule has 0 spiro atoms. The van der Waals surface area contributed by atoms with Gasteiger partial charge in [0.2, 0.25) is 5.69 Å². The zero-order valence-electron chi connectivity index (χ0n) is 20.8. The van der Waals surface area contributed by atoms with E-state index in [2.05, 4.69) is 30.9 Å². The van der Waals surface area contributed by atoms with Gasteiger partial charge >= 0.3 is 0 Å². The zero-order chi connectivity index (χ0) is 27.8. The van der Waals surface area contributed by atoms with E-state index in [0.717, 1.165) is 16.8 Å². The monoisotopic (exact) mass is 560 g/mol. The van der Waals surface area contributed by atoms with E-state index in [1.807, 2.05) is 0 Å². The van der Waals surface area contributed by atoms with Gasteiger partial charge in [-0.05, 0) is 46.3 Å². The Labute approximate surface area is 230 Å². The average Bonchev–Trinajstić information content (AvgIpc) is 3.72. The Hall–Kier alpha value is -5.04. The molecule has 2 aromatic carbocycles. The second kappa shape index (κ2) is 10.3. The van der Waals surface area contributed by atoms with Crippen molar-refractivity contribution in [2.45, 2.75) is 12.5 Å². The highest BCUT2D eigenvalue weighted by atomic mass is 35.5. The molecule has 14 heteroatoms. The van der Waals surface area contributed by atoms with Crippen molar-refractivity contribution in [3.05, 3.63) is 113 Å². The van der Waals surface area contributed by atoms with Gasteiger partial charge in [0.05, 0.1) is 39.9 Å². The number of hydrogen-bond donors (Lipinski definition) is 0. The lowest BCUT2D eigenvalue weighted by Gasteiger charge is -2.18. The van der Waals surface area contributed by atoms with Crippen LogP contribution in [0.2, 0.25) is 5.02 Å². The van der Waals surface area contributed by atoms with Crippen LogP contribution in [-0.4, -0.2) is 45.0 Å². The van der Waals surface area contributed by atoms with E-state index in [-0.39, 0.29) is 22.0 Å². The summed E-state index contributed by atoms with van der Waals surface area (Å²) in [5.41, 5.74) is 3.25. The second-order valence-corrected chi connectivity index (χ2v) is 9.38. The molecule has 0 aliphatic rings. The summed E-state index contributed by atoms with van der Waals surface area (Å²) in [5, 5.41) is 36.9. The lowest BCUT2D eigenvalue weighted by Crippen LogP contribution is -2.36. The number of rotatable bonds is 7. The van der Waals surface area contributed by atoms with Gasteiger partial charge in [0.1, 0.15) is 18.2 Å². The van der Waals surface area contributed by atoms with E-state index in [1.165, 1.54) is 35.4 Å². The Bertz CT molecular complexity index is 1800. The molecule has 0 N–H and O–H groups in total. The van der Waals surface area contributed by atoms with Crippen LogP contribution >= 0.6 is 11.6 Å². The Morgan fingerprint density at radius 2 is 1.80 bits per heavy atom. The number of halogens is 3. The quantitative estimate of drug-likeness (QED) is 0.216. The van der Waals surface area contributed by atoms with Crippen molar-refractivity contribution < 1.29 is 13.5 Å². The van der Waals surface area contributed by atoms with Crippen molar-refractivity contribution >= 4 is 11.6 Å². The van der Waals surface area contributed by atoms with E-state index >= 15 is 4.39 Å². The summed E-state index contributed by atoms with van der Waals surface area (Å²) >= 11 is 6.09. The standard InChI is InChI=1S/C26H19ClF2N10O/c1-36-24(12-30-34-36)18-11-32-37(13-18)23(10-16-2-5-19(28)6-3-16)21-8-4-17(14-39(21)40)25-22(38-15-31-33-35-38)9-7-20(27)26(25)29/h2-9,11-15,23H,10H2,1H3/t23-/m1/s1. The first-order valence-corrected chi connectivity index (χ1v) is 12.4. The maximum Gasteiger partial charge on any atom is 0.217 e. The van der Waals surface area contributed by atoms with Crippen molar-refractivity contribution in [1.82, 2.24) is 45.0 Å². The van der Waals surface area contributed by atoms with E-state index in [9.17, 15) is 9.60 Å². The fraction of sp³-hybridized carbons (Fsp3) is 0.115. The van der Waals surface area contributed by atoms with Crippen molar-refractivity contribution in [1.29, 1.82) is 0 Å². The maximum atomic E-state index is 15.3. The Morgan fingerprint density at radius 3 is 2.50 bits per heavy atom. The SMILES string of the molecule is Cn1nncc1-c1cnn([C@H](Cc2ccc(F)cc2)c2ccc(-c3c(-n4cnnn4)ccc(Cl)c3F)c[n+]2[O-])c1. The van der Waals surface area contributed by atoms with Crippen LogP contribution in [0.5, 0.6) is 0 Å². The molecule has 40 heavy (non-hydrogen) atoms. The molecule has 4 heterocycles. The fourth-order valence-corrected chi connectivity index (χ4v) is 4.70. The van der Waals surface area contributed by atoms with Gasteiger partial charge in [-0.1, -0.05) is 28.9 Å². The molecular formula is C26H19ClF2N10O. The summed E-state index contributed by atoms with van der Waals surface area (Å²) in [6.45, 7) is 0. The van der Waals surface area contributed by atoms with Gasteiger partial charge in [-0.25, -0.2) is 13.5 Å². The van der Waals surface area contributed by atoms with Crippen LogP contribution in [-0.2, 0) is 13.5 Å². The van der Waals surface area contributed by atoms with E-state index < -0.39 is 11.9 Å². The van der Waals surface area contributed by atoms with Gasteiger partial charge in [0.25, 0.3) is 0 Å². The third-order valence-corrected chi connectivity index (χ3v) is 6.81. The highest BCUT2D eigenvalue weighted by Crippen LogP contribution is 2.33. The number of hydrogen-bond acceptors (Lipinski definition) is 7. The Balaban J connectivity index is 1.44. The topological polar surface area (TPSA) is 119 Å². The van der Waals surface area contributed by atoms with Crippen LogP contribution in [0.3, 0.4) is 0 Å². The molecule has 200 valence electrons. The molecule has 0 amide bonds. The third kappa shape index (κ3) is 4.66.